The van der Waals surface area contributed by atoms with Gasteiger partial charge in [0.1, 0.15) is 0 Å². The number of halogens is 2. The molecule has 2 aromatic carbocycles. The van der Waals surface area contributed by atoms with Gasteiger partial charge in [0.25, 0.3) is 0 Å². The Labute approximate surface area is 181 Å². The van der Waals surface area contributed by atoms with Crippen LogP contribution in [0, 0.1) is 0 Å². The van der Waals surface area contributed by atoms with Crippen molar-refractivity contribution >= 4 is 29.1 Å². The molecular weight excluding hydrogens is 409 g/mol. The Balaban J connectivity index is 1.48. The van der Waals surface area contributed by atoms with E-state index in [0.717, 1.165) is 35.5 Å². The third-order valence-corrected chi connectivity index (χ3v) is 6.57. The highest BCUT2D eigenvalue weighted by Gasteiger charge is 2.31. The van der Waals surface area contributed by atoms with E-state index in [2.05, 4.69) is 6.07 Å². The Kier molecular flexibility index (Phi) is 6.21. The fraction of sp³-hybridized carbons (Fsp3) is 0.435. The molecule has 1 heterocycles. The van der Waals surface area contributed by atoms with Gasteiger partial charge in [0.05, 0.1) is 23.3 Å². The lowest BCUT2D eigenvalue weighted by Gasteiger charge is -2.19. The maximum absolute atomic E-state index is 12.6. The van der Waals surface area contributed by atoms with Crippen LogP contribution in [0.5, 0.6) is 11.5 Å². The zero-order valence-electron chi connectivity index (χ0n) is 16.5. The lowest BCUT2D eigenvalue weighted by atomic mass is 9.98. The number of hydrogen-bond acceptors (Lipinski definition) is 3. The third-order valence-electron chi connectivity index (χ3n) is 5.83. The largest absolute Gasteiger partial charge is 0.493 e. The molecule has 0 radical (unpaired) electrons. The first-order valence-corrected chi connectivity index (χ1v) is 10.9. The highest BCUT2D eigenvalue weighted by Crippen LogP contribution is 2.37. The highest BCUT2D eigenvalue weighted by atomic mass is 35.5. The molecule has 154 valence electrons. The fourth-order valence-electron chi connectivity index (χ4n) is 4.23. The molecule has 0 spiro atoms. The summed E-state index contributed by atoms with van der Waals surface area (Å²) in [4.78, 5) is 14.5. The normalized spacial score (nSPS) is 19.8. The van der Waals surface area contributed by atoms with Gasteiger partial charge in [-0.3, -0.25) is 4.79 Å². The quantitative estimate of drug-likeness (QED) is 0.574. The number of carbonyl (C=O) groups excluding carboxylic acids is 1. The Bertz CT molecular complexity index is 896. The molecule has 0 aromatic heterocycles. The predicted molar refractivity (Wildman–Crippen MR) is 115 cm³/mol. The number of rotatable bonds is 6. The molecule has 29 heavy (non-hydrogen) atoms. The highest BCUT2D eigenvalue weighted by molar-refractivity contribution is 6.42. The molecule has 2 aliphatic rings. The van der Waals surface area contributed by atoms with Gasteiger partial charge in [0, 0.05) is 25.4 Å². The summed E-state index contributed by atoms with van der Waals surface area (Å²) in [5.74, 6) is 1.82. The maximum Gasteiger partial charge on any atom is 0.223 e. The third kappa shape index (κ3) is 4.65. The molecule has 6 heteroatoms. The summed E-state index contributed by atoms with van der Waals surface area (Å²) in [6.45, 7) is 1.21. The van der Waals surface area contributed by atoms with Crippen LogP contribution in [-0.2, 0) is 11.3 Å². The second kappa shape index (κ2) is 8.85. The average molecular weight is 434 g/mol. The van der Waals surface area contributed by atoms with E-state index in [0.29, 0.717) is 29.6 Å². The number of amides is 1. The van der Waals surface area contributed by atoms with E-state index in [9.17, 15) is 4.79 Å². The number of nitrogens with zero attached hydrogens (tertiary/aromatic N) is 1. The van der Waals surface area contributed by atoms with Crippen LogP contribution < -0.4 is 9.47 Å². The molecule has 1 aliphatic heterocycles. The Hall–Kier alpha value is -1.91. The van der Waals surface area contributed by atoms with Crippen LogP contribution in [0.2, 0.25) is 10.0 Å². The van der Waals surface area contributed by atoms with Crippen LogP contribution in [0.25, 0.3) is 0 Å². The number of ether oxygens (including phenoxy) is 2. The summed E-state index contributed by atoms with van der Waals surface area (Å²) >= 11 is 12.1. The van der Waals surface area contributed by atoms with E-state index in [1.165, 1.54) is 12.8 Å². The topological polar surface area (TPSA) is 38.8 Å². The summed E-state index contributed by atoms with van der Waals surface area (Å²) in [7, 11) is 1.66. The first kappa shape index (κ1) is 20.4. The van der Waals surface area contributed by atoms with Crippen LogP contribution in [0.4, 0.5) is 0 Å². The monoisotopic (exact) mass is 433 g/mol. The van der Waals surface area contributed by atoms with E-state index in [4.69, 9.17) is 32.7 Å². The molecule has 4 nitrogen and oxygen atoms in total. The van der Waals surface area contributed by atoms with Gasteiger partial charge in [-0.15, -0.1) is 0 Å². The van der Waals surface area contributed by atoms with Gasteiger partial charge in [-0.1, -0.05) is 35.3 Å². The first-order chi connectivity index (χ1) is 14.0. The number of hydrogen-bond donors (Lipinski definition) is 0. The van der Waals surface area contributed by atoms with E-state index in [-0.39, 0.29) is 17.9 Å². The zero-order chi connectivity index (χ0) is 20.4. The summed E-state index contributed by atoms with van der Waals surface area (Å²) < 4.78 is 11.7. The summed E-state index contributed by atoms with van der Waals surface area (Å²) in [6, 6.07) is 11.6. The van der Waals surface area contributed by atoms with Crippen LogP contribution >= 0.6 is 23.2 Å². The van der Waals surface area contributed by atoms with Gasteiger partial charge >= 0.3 is 0 Å². The molecule has 1 saturated carbocycles. The van der Waals surface area contributed by atoms with Gasteiger partial charge in [-0.05, 0) is 61.1 Å². The second-order valence-electron chi connectivity index (χ2n) is 7.86. The standard InChI is InChI=1S/C23H25Cl2NO3/c1-28-21-9-7-16(11-22(21)29-18-4-2-3-5-18)17-12-23(27)26(14-17)13-15-6-8-19(24)20(25)10-15/h6-11,17-18H,2-5,12-14H2,1H3/t17-/m0/s1. The molecular formula is C23H25Cl2NO3. The Morgan fingerprint density at radius 2 is 1.83 bits per heavy atom. The molecule has 1 aliphatic carbocycles. The molecule has 4 rings (SSSR count). The van der Waals surface area contributed by atoms with Gasteiger partial charge < -0.3 is 14.4 Å². The van der Waals surface area contributed by atoms with Crippen molar-refractivity contribution in [2.75, 3.05) is 13.7 Å². The minimum Gasteiger partial charge on any atom is -0.493 e. The molecule has 1 atom stereocenters. The van der Waals surface area contributed by atoms with E-state index in [1.54, 1.807) is 13.2 Å². The van der Waals surface area contributed by atoms with Crippen molar-refractivity contribution < 1.29 is 14.3 Å². The van der Waals surface area contributed by atoms with Crippen molar-refractivity contribution in [2.45, 2.75) is 50.7 Å². The van der Waals surface area contributed by atoms with Crippen molar-refractivity contribution in [1.82, 2.24) is 4.90 Å². The fourth-order valence-corrected chi connectivity index (χ4v) is 4.55. The van der Waals surface area contributed by atoms with Gasteiger partial charge in [-0.2, -0.15) is 0 Å². The van der Waals surface area contributed by atoms with E-state index < -0.39 is 0 Å². The molecule has 2 fully saturated rings. The van der Waals surface area contributed by atoms with Gasteiger partial charge in [0.2, 0.25) is 5.91 Å². The van der Waals surface area contributed by atoms with Crippen LogP contribution in [0.3, 0.4) is 0 Å². The van der Waals surface area contributed by atoms with Crippen LogP contribution in [0.1, 0.15) is 49.1 Å². The molecule has 1 saturated heterocycles. The maximum atomic E-state index is 12.6. The van der Waals surface area contributed by atoms with Crippen molar-refractivity contribution in [1.29, 1.82) is 0 Å². The predicted octanol–water partition coefficient (Wildman–Crippen LogP) is 5.84. The number of benzene rings is 2. The van der Waals surface area contributed by atoms with Crippen LogP contribution in [-0.4, -0.2) is 30.6 Å². The van der Waals surface area contributed by atoms with Crippen molar-refractivity contribution in [3.05, 3.63) is 57.6 Å². The van der Waals surface area contributed by atoms with Crippen molar-refractivity contribution in [2.24, 2.45) is 0 Å². The minimum atomic E-state index is 0.141. The molecule has 2 aromatic rings. The first-order valence-electron chi connectivity index (χ1n) is 10.1. The number of likely N-dealkylation sites (tertiary alicyclic amines) is 1. The number of carbonyl (C=O) groups is 1. The summed E-state index contributed by atoms with van der Waals surface area (Å²) in [5.41, 5.74) is 2.09. The SMILES string of the molecule is COc1ccc([C@H]2CC(=O)N(Cc3ccc(Cl)c(Cl)c3)C2)cc1OC1CCCC1. The number of methoxy groups -OCH3 is 1. The second-order valence-corrected chi connectivity index (χ2v) is 8.67. The smallest absolute Gasteiger partial charge is 0.223 e. The van der Waals surface area contributed by atoms with E-state index >= 15 is 0 Å². The Morgan fingerprint density at radius 3 is 2.55 bits per heavy atom. The lowest BCUT2D eigenvalue weighted by molar-refractivity contribution is -0.128. The average Bonchev–Trinajstić information content (AvgIpc) is 3.35. The zero-order valence-corrected chi connectivity index (χ0v) is 18.0. The van der Waals surface area contributed by atoms with Crippen molar-refractivity contribution in [3.8, 4) is 11.5 Å². The minimum absolute atomic E-state index is 0.141. The summed E-state index contributed by atoms with van der Waals surface area (Å²) in [6.07, 6.45) is 5.37. The van der Waals surface area contributed by atoms with Gasteiger partial charge in [0.15, 0.2) is 11.5 Å². The van der Waals surface area contributed by atoms with Gasteiger partial charge in [-0.25, -0.2) is 0 Å². The molecule has 0 unspecified atom stereocenters. The van der Waals surface area contributed by atoms with E-state index in [1.807, 2.05) is 29.2 Å². The molecule has 0 bridgehead atoms. The molecule has 0 N–H and O–H groups in total. The van der Waals surface area contributed by atoms with Crippen molar-refractivity contribution in [3.63, 3.8) is 0 Å². The Morgan fingerprint density at radius 1 is 1.03 bits per heavy atom. The molecule has 1 amide bonds. The summed E-state index contributed by atoms with van der Waals surface area (Å²) in [5, 5.41) is 1.03. The van der Waals surface area contributed by atoms with Crippen LogP contribution in [0.15, 0.2) is 36.4 Å². The lowest BCUT2D eigenvalue weighted by Crippen LogP contribution is -2.24.